The Labute approximate surface area is 78.4 Å². The van der Waals surface area contributed by atoms with Gasteiger partial charge in [0.2, 0.25) is 6.33 Å². The van der Waals surface area contributed by atoms with Crippen LogP contribution in [0.5, 0.6) is 0 Å². The van der Waals surface area contributed by atoms with E-state index in [0.717, 1.165) is 19.4 Å². The number of aromatic nitrogens is 2. The van der Waals surface area contributed by atoms with E-state index < -0.39 is 0 Å². The molecule has 1 N–H and O–H groups in total. The molecule has 0 saturated heterocycles. The van der Waals surface area contributed by atoms with Gasteiger partial charge in [-0.1, -0.05) is 0 Å². The lowest BCUT2D eigenvalue weighted by Gasteiger charge is -1.91. The van der Waals surface area contributed by atoms with Crippen LogP contribution in [-0.2, 0) is 6.54 Å². The Hall–Kier alpha value is -1.01. The fourth-order valence-electron chi connectivity index (χ4n) is 0.958. The van der Waals surface area contributed by atoms with Crippen molar-refractivity contribution in [3.05, 3.63) is 18.7 Å². The number of halogens is 1. The summed E-state index contributed by atoms with van der Waals surface area (Å²) in [5.41, 5.74) is 0. The molecular weight excluding hydrogens is 174 g/mol. The number of unbranched alkanes of at least 4 members (excludes halogenated alkanes) is 2. The molecule has 1 rings (SSSR count). The summed E-state index contributed by atoms with van der Waals surface area (Å²) in [4.78, 5) is 2.97. The first-order valence-corrected chi connectivity index (χ1v) is 3.82. The fourth-order valence-corrected chi connectivity index (χ4v) is 0.958. The summed E-state index contributed by atoms with van der Waals surface area (Å²) < 4.78 is 2.08. The number of nitrogens with zero attached hydrogens (tertiary/aromatic N) is 2. The Morgan fingerprint density at radius 3 is 2.83 bits per heavy atom. The van der Waals surface area contributed by atoms with Gasteiger partial charge in [0, 0.05) is 6.42 Å². The van der Waals surface area contributed by atoms with E-state index in [-0.39, 0.29) is 12.4 Å². The predicted molar refractivity (Wildman–Crippen MR) is 40.5 cm³/mol. The van der Waals surface area contributed by atoms with Crippen molar-refractivity contribution in [1.29, 1.82) is 5.26 Å². The quantitative estimate of drug-likeness (QED) is 0.428. The van der Waals surface area contributed by atoms with Crippen LogP contribution in [-0.4, -0.2) is 4.98 Å². The van der Waals surface area contributed by atoms with Gasteiger partial charge in [-0.2, -0.15) is 5.26 Å². The van der Waals surface area contributed by atoms with Crippen molar-refractivity contribution < 1.29 is 17.0 Å². The third-order valence-corrected chi connectivity index (χ3v) is 1.56. The number of hydrogen-bond donors (Lipinski definition) is 1. The molecule has 4 heteroatoms. The zero-order valence-corrected chi connectivity index (χ0v) is 7.59. The molecular formula is C8H12ClN3. The van der Waals surface area contributed by atoms with E-state index in [1.807, 2.05) is 18.7 Å². The Bertz CT molecular complexity index is 225. The number of nitriles is 1. The van der Waals surface area contributed by atoms with Gasteiger partial charge in [-0.15, -0.1) is 0 Å². The average Bonchev–Trinajstić information content (AvgIpc) is 2.50. The molecule has 0 radical (unpaired) electrons. The van der Waals surface area contributed by atoms with Gasteiger partial charge in [0.15, 0.2) is 0 Å². The number of aromatic amines is 1. The SMILES string of the molecule is N#CCCCC[n+]1cc[nH]c1.[Cl-]. The Morgan fingerprint density at radius 2 is 2.25 bits per heavy atom. The van der Waals surface area contributed by atoms with Crippen LogP contribution in [0.3, 0.4) is 0 Å². The van der Waals surface area contributed by atoms with Crippen LogP contribution in [0.2, 0.25) is 0 Å². The number of aryl methyl sites for hydroxylation is 1. The van der Waals surface area contributed by atoms with Crippen molar-refractivity contribution in [2.75, 3.05) is 0 Å². The molecule has 1 heterocycles. The van der Waals surface area contributed by atoms with Crippen molar-refractivity contribution in [2.45, 2.75) is 25.8 Å². The maximum atomic E-state index is 8.26. The van der Waals surface area contributed by atoms with Gasteiger partial charge in [-0.3, -0.25) is 4.98 Å². The second-order valence-electron chi connectivity index (χ2n) is 2.46. The highest BCUT2D eigenvalue weighted by Crippen LogP contribution is 1.92. The molecule has 0 spiro atoms. The largest absolute Gasteiger partial charge is 1.00 e. The predicted octanol–water partition coefficient (Wildman–Crippen LogP) is -2.00. The first kappa shape index (κ1) is 11.0. The summed E-state index contributed by atoms with van der Waals surface area (Å²) in [6.07, 6.45) is 8.55. The zero-order chi connectivity index (χ0) is 7.94. The molecule has 12 heavy (non-hydrogen) atoms. The van der Waals surface area contributed by atoms with Gasteiger partial charge < -0.3 is 12.4 Å². The zero-order valence-electron chi connectivity index (χ0n) is 6.83. The number of rotatable bonds is 4. The third-order valence-electron chi connectivity index (χ3n) is 1.56. The Balaban J connectivity index is 0.00000121. The highest BCUT2D eigenvalue weighted by Gasteiger charge is 1.94. The van der Waals surface area contributed by atoms with E-state index in [4.69, 9.17) is 5.26 Å². The summed E-state index contributed by atoms with van der Waals surface area (Å²) in [5.74, 6) is 0. The molecule has 0 bridgehead atoms. The highest BCUT2D eigenvalue weighted by molar-refractivity contribution is 4.67. The Kier molecular flexibility index (Phi) is 6.12. The smallest absolute Gasteiger partial charge is 0.241 e. The van der Waals surface area contributed by atoms with Crippen molar-refractivity contribution in [3.63, 3.8) is 0 Å². The molecule has 1 aromatic rings. The maximum absolute atomic E-state index is 8.26. The van der Waals surface area contributed by atoms with Crippen LogP contribution in [0.25, 0.3) is 0 Å². The molecule has 3 nitrogen and oxygen atoms in total. The van der Waals surface area contributed by atoms with Gasteiger partial charge in [0.25, 0.3) is 0 Å². The maximum Gasteiger partial charge on any atom is 0.241 e. The van der Waals surface area contributed by atoms with Crippen LogP contribution in [0.4, 0.5) is 0 Å². The minimum atomic E-state index is 0. The molecule has 0 unspecified atom stereocenters. The monoisotopic (exact) mass is 185 g/mol. The van der Waals surface area contributed by atoms with Gasteiger partial charge in [0.1, 0.15) is 12.4 Å². The molecule has 0 aliphatic carbocycles. The number of nitrogens with one attached hydrogen (secondary N) is 1. The molecule has 0 saturated carbocycles. The second kappa shape index (κ2) is 6.68. The Morgan fingerprint density at radius 1 is 1.42 bits per heavy atom. The van der Waals surface area contributed by atoms with Gasteiger partial charge >= 0.3 is 0 Å². The summed E-state index contributed by atoms with van der Waals surface area (Å²) >= 11 is 0. The van der Waals surface area contributed by atoms with Crippen LogP contribution >= 0.6 is 0 Å². The third kappa shape index (κ3) is 3.99. The second-order valence-corrected chi connectivity index (χ2v) is 2.46. The molecule has 0 aliphatic rings. The standard InChI is InChI=1S/C8H11N3.ClH/c9-4-2-1-3-6-11-7-5-10-8-11;/h5,7-8H,1-3,6H2;1H. The molecule has 0 amide bonds. The van der Waals surface area contributed by atoms with Crippen molar-refractivity contribution in [1.82, 2.24) is 4.98 Å². The molecule has 0 atom stereocenters. The van der Waals surface area contributed by atoms with E-state index >= 15 is 0 Å². The van der Waals surface area contributed by atoms with Crippen LogP contribution in [0.15, 0.2) is 18.7 Å². The summed E-state index contributed by atoms with van der Waals surface area (Å²) in [6.45, 7) is 1.01. The molecule has 1 aromatic heterocycles. The first-order valence-electron chi connectivity index (χ1n) is 3.82. The van der Waals surface area contributed by atoms with Crippen LogP contribution in [0, 0.1) is 11.3 Å². The lowest BCUT2D eigenvalue weighted by atomic mass is 10.2. The number of hydrogen-bond acceptors (Lipinski definition) is 1. The lowest BCUT2D eigenvalue weighted by Crippen LogP contribution is -3.00. The van der Waals surface area contributed by atoms with E-state index in [0.29, 0.717) is 6.42 Å². The van der Waals surface area contributed by atoms with Gasteiger partial charge in [-0.25, -0.2) is 4.57 Å². The van der Waals surface area contributed by atoms with Gasteiger partial charge in [0.05, 0.1) is 12.6 Å². The van der Waals surface area contributed by atoms with Crippen LogP contribution in [0.1, 0.15) is 19.3 Å². The topological polar surface area (TPSA) is 43.5 Å². The number of imidazole rings is 1. The minimum absolute atomic E-state index is 0. The summed E-state index contributed by atoms with van der Waals surface area (Å²) in [5, 5.41) is 8.26. The van der Waals surface area contributed by atoms with E-state index in [2.05, 4.69) is 15.6 Å². The normalized spacial score (nSPS) is 8.58. The fraction of sp³-hybridized carbons (Fsp3) is 0.500. The average molecular weight is 186 g/mol. The van der Waals surface area contributed by atoms with Crippen LogP contribution < -0.4 is 17.0 Å². The molecule has 0 aliphatic heterocycles. The lowest BCUT2D eigenvalue weighted by molar-refractivity contribution is -0.696. The molecule has 66 valence electrons. The van der Waals surface area contributed by atoms with E-state index in [1.165, 1.54) is 0 Å². The highest BCUT2D eigenvalue weighted by atomic mass is 35.5. The first-order chi connectivity index (χ1) is 5.43. The molecule has 0 fully saturated rings. The van der Waals surface area contributed by atoms with Crippen molar-refractivity contribution in [3.8, 4) is 6.07 Å². The minimum Gasteiger partial charge on any atom is -1.00 e. The number of H-pyrrole nitrogens is 1. The van der Waals surface area contributed by atoms with E-state index in [9.17, 15) is 0 Å². The van der Waals surface area contributed by atoms with Crippen molar-refractivity contribution in [2.24, 2.45) is 0 Å². The van der Waals surface area contributed by atoms with Gasteiger partial charge in [-0.05, 0) is 12.8 Å². The summed E-state index contributed by atoms with van der Waals surface area (Å²) in [6, 6.07) is 2.13. The summed E-state index contributed by atoms with van der Waals surface area (Å²) in [7, 11) is 0. The van der Waals surface area contributed by atoms with E-state index in [1.54, 1.807) is 0 Å². The molecule has 0 aromatic carbocycles. The van der Waals surface area contributed by atoms with Crippen molar-refractivity contribution >= 4 is 0 Å².